The zero-order chi connectivity index (χ0) is 24.4. The van der Waals surface area contributed by atoms with Crippen LogP contribution < -0.4 is 20.1 Å². The van der Waals surface area contributed by atoms with Gasteiger partial charge in [-0.2, -0.15) is 0 Å². The van der Waals surface area contributed by atoms with E-state index in [0.717, 1.165) is 33.2 Å². The number of amides is 2. The molecule has 0 fully saturated rings. The summed E-state index contributed by atoms with van der Waals surface area (Å²) in [6, 6.07) is 25.4. The van der Waals surface area contributed by atoms with Gasteiger partial charge >= 0.3 is 0 Å². The molecule has 0 saturated heterocycles. The van der Waals surface area contributed by atoms with Crippen molar-refractivity contribution < 1.29 is 19.1 Å². The number of carbonyl (C=O) groups is 2. The Morgan fingerprint density at radius 2 is 1.80 bits per heavy atom. The summed E-state index contributed by atoms with van der Waals surface area (Å²) < 4.78 is 11.4. The third-order valence-electron chi connectivity index (χ3n) is 6.27. The molecule has 1 unspecified atom stereocenters. The van der Waals surface area contributed by atoms with Crippen LogP contribution in [0.4, 0.5) is 11.4 Å². The highest BCUT2D eigenvalue weighted by molar-refractivity contribution is 6.01. The minimum Gasteiger partial charge on any atom is -0.493 e. The van der Waals surface area contributed by atoms with Crippen LogP contribution in [0.5, 0.6) is 11.5 Å². The first-order valence-electron chi connectivity index (χ1n) is 11.5. The average molecular weight is 467 g/mol. The second-order valence-corrected chi connectivity index (χ2v) is 8.67. The SMILES string of the molecule is COc1cc(C2CC(=O)Nc3ccc4ccccc4c32)ccc1OCC(=O)Nc1ccc(C)cc1. The van der Waals surface area contributed by atoms with Gasteiger partial charge in [0.25, 0.3) is 5.91 Å². The first kappa shape index (κ1) is 22.5. The van der Waals surface area contributed by atoms with Crippen LogP contribution in [0.3, 0.4) is 0 Å². The highest BCUT2D eigenvalue weighted by Crippen LogP contribution is 2.43. The highest BCUT2D eigenvalue weighted by Gasteiger charge is 2.29. The van der Waals surface area contributed by atoms with Gasteiger partial charge in [-0.3, -0.25) is 9.59 Å². The summed E-state index contributed by atoms with van der Waals surface area (Å²) in [5.74, 6) is 0.568. The number of ether oxygens (including phenoxy) is 2. The Balaban J connectivity index is 1.39. The van der Waals surface area contributed by atoms with Gasteiger partial charge in [0, 0.05) is 23.7 Å². The van der Waals surface area contributed by atoms with Gasteiger partial charge < -0.3 is 20.1 Å². The Bertz CT molecular complexity index is 1410. The van der Waals surface area contributed by atoms with E-state index in [1.807, 2.05) is 67.6 Å². The Kier molecular flexibility index (Phi) is 6.10. The summed E-state index contributed by atoms with van der Waals surface area (Å²) in [6.45, 7) is 1.84. The molecule has 6 nitrogen and oxygen atoms in total. The molecule has 2 N–H and O–H groups in total. The molecule has 6 heteroatoms. The van der Waals surface area contributed by atoms with E-state index in [2.05, 4.69) is 22.8 Å². The van der Waals surface area contributed by atoms with Crippen molar-refractivity contribution in [2.75, 3.05) is 24.4 Å². The second kappa shape index (κ2) is 9.50. The van der Waals surface area contributed by atoms with Gasteiger partial charge in [0.15, 0.2) is 18.1 Å². The van der Waals surface area contributed by atoms with Gasteiger partial charge in [0.2, 0.25) is 5.91 Å². The van der Waals surface area contributed by atoms with E-state index in [1.165, 1.54) is 0 Å². The van der Waals surface area contributed by atoms with E-state index < -0.39 is 0 Å². The standard InChI is InChI=1S/C29H26N2O4/c1-18-7-11-21(12-8-18)30-28(33)17-35-25-14-10-20(15-26(25)34-2)23-16-27(32)31-24-13-9-19-5-3-4-6-22(19)29(23)24/h3-15,23H,16-17H2,1-2H3,(H,30,33)(H,31,32). The van der Waals surface area contributed by atoms with Crippen molar-refractivity contribution in [3.05, 3.63) is 95.6 Å². The largest absolute Gasteiger partial charge is 0.493 e. The maximum Gasteiger partial charge on any atom is 0.262 e. The molecule has 1 aliphatic rings. The van der Waals surface area contributed by atoms with E-state index in [0.29, 0.717) is 23.6 Å². The predicted octanol–water partition coefficient (Wildman–Crippen LogP) is 5.65. The molecule has 5 rings (SSSR count). The normalized spacial score (nSPS) is 14.7. The van der Waals surface area contributed by atoms with E-state index in [-0.39, 0.29) is 24.3 Å². The Morgan fingerprint density at radius 3 is 2.60 bits per heavy atom. The number of nitrogens with one attached hydrogen (secondary N) is 2. The Hall–Kier alpha value is -4.32. The molecule has 0 spiro atoms. The molecular weight excluding hydrogens is 440 g/mol. The lowest BCUT2D eigenvalue weighted by molar-refractivity contribution is -0.118. The molecule has 0 saturated carbocycles. The molecule has 0 radical (unpaired) electrons. The topological polar surface area (TPSA) is 76.7 Å². The summed E-state index contributed by atoms with van der Waals surface area (Å²) in [5, 5.41) is 8.07. The van der Waals surface area contributed by atoms with Gasteiger partial charge in [-0.05, 0) is 59.2 Å². The Labute approximate surface area is 203 Å². The number of rotatable bonds is 6. The molecule has 0 aliphatic carbocycles. The fourth-order valence-electron chi connectivity index (χ4n) is 4.55. The zero-order valence-electron chi connectivity index (χ0n) is 19.6. The smallest absolute Gasteiger partial charge is 0.262 e. The molecule has 1 heterocycles. The third-order valence-corrected chi connectivity index (χ3v) is 6.27. The van der Waals surface area contributed by atoms with Crippen molar-refractivity contribution in [2.24, 2.45) is 0 Å². The summed E-state index contributed by atoms with van der Waals surface area (Å²) in [6.07, 6.45) is 0.337. The van der Waals surface area contributed by atoms with Crippen LogP contribution in [0.1, 0.15) is 29.0 Å². The highest BCUT2D eigenvalue weighted by atomic mass is 16.5. The Morgan fingerprint density at radius 1 is 1.00 bits per heavy atom. The number of hydrogen-bond acceptors (Lipinski definition) is 4. The van der Waals surface area contributed by atoms with Crippen LogP contribution in [-0.4, -0.2) is 25.5 Å². The van der Waals surface area contributed by atoms with Crippen molar-refractivity contribution >= 4 is 34.0 Å². The first-order valence-corrected chi connectivity index (χ1v) is 11.5. The molecule has 1 atom stereocenters. The van der Waals surface area contributed by atoms with Gasteiger partial charge in [-0.1, -0.05) is 54.1 Å². The number of hydrogen-bond donors (Lipinski definition) is 2. The van der Waals surface area contributed by atoms with Crippen molar-refractivity contribution in [2.45, 2.75) is 19.3 Å². The molecule has 4 aromatic rings. The third kappa shape index (κ3) is 4.68. The van der Waals surface area contributed by atoms with Crippen LogP contribution in [0.2, 0.25) is 0 Å². The van der Waals surface area contributed by atoms with Gasteiger partial charge in [0.05, 0.1) is 7.11 Å². The number of methoxy groups -OCH3 is 1. The van der Waals surface area contributed by atoms with E-state index in [1.54, 1.807) is 13.2 Å². The molecular formula is C29H26N2O4. The summed E-state index contributed by atoms with van der Waals surface area (Å²) in [7, 11) is 1.56. The summed E-state index contributed by atoms with van der Waals surface area (Å²) >= 11 is 0. The van der Waals surface area contributed by atoms with Crippen molar-refractivity contribution in [1.29, 1.82) is 0 Å². The number of benzene rings is 4. The van der Waals surface area contributed by atoms with Crippen molar-refractivity contribution in [3.8, 4) is 11.5 Å². The van der Waals surface area contributed by atoms with Gasteiger partial charge in [-0.15, -0.1) is 0 Å². The van der Waals surface area contributed by atoms with E-state index in [4.69, 9.17) is 9.47 Å². The van der Waals surface area contributed by atoms with Gasteiger partial charge in [0.1, 0.15) is 0 Å². The van der Waals surface area contributed by atoms with Crippen molar-refractivity contribution in [3.63, 3.8) is 0 Å². The molecule has 4 aromatic carbocycles. The van der Waals surface area contributed by atoms with Crippen LogP contribution in [0.25, 0.3) is 10.8 Å². The van der Waals surface area contributed by atoms with Crippen LogP contribution in [0, 0.1) is 6.92 Å². The van der Waals surface area contributed by atoms with E-state index in [9.17, 15) is 9.59 Å². The lowest BCUT2D eigenvalue weighted by Gasteiger charge is -2.28. The van der Waals surface area contributed by atoms with Crippen LogP contribution >= 0.6 is 0 Å². The van der Waals surface area contributed by atoms with Crippen molar-refractivity contribution in [1.82, 2.24) is 0 Å². The van der Waals surface area contributed by atoms with Gasteiger partial charge in [-0.25, -0.2) is 0 Å². The average Bonchev–Trinajstić information content (AvgIpc) is 2.88. The molecule has 0 aromatic heterocycles. The minimum atomic E-state index is -0.260. The maximum absolute atomic E-state index is 12.5. The molecule has 1 aliphatic heterocycles. The fourth-order valence-corrected chi connectivity index (χ4v) is 4.55. The van der Waals surface area contributed by atoms with Crippen LogP contribution in [0.15, 0.2) is 78.9 Å². The lowest BCUT2D eigenvalue weighted by Crippen LogP contribution is -2.24. The lowest BCUT2D eigenvalue weighted by atomic mass is 9.82. The number of anilines is 2. The molecule has 2 amide bonds. The number of aryl methyl sites for hydroxylation is 1. The quantitative estimate of drug-likeness (QED) is 0.385. The van der Waals surface area contributed by atoms with E-state index >= 15 is 0 Å². The first-order chi connectivity index (χ1) is 17.0. The second-order valence-electron chi connectivity index (χ2n) is 8.67. The minimum absolute atomic E-state index is 0.0233. The maximum atomic E-state index is 12.5. The predicted molar refractivity (Wildman–Crippen MR) is 137 cm³/mol. The monoisotopic (exact) mass is 466 g/mol. The number of fused-ring (bicyclic) bond motifs is 3. The summed E-state index contributed by atoms with van der Waals surface area (Å²) in [4.78, 5) is 24.9. The summed E-state index contributed by atoms with van der Waals surface area (Å²) in [5.41, 5.74) is 4.71. The zero-order valence-corrected chi connectivity index (χ0v) is 19.6. The van der Waals surface area contributed by atoms with Crippen LogP contribution in [-0.2, 0) is 9.59 Å². The molecule has 35 heavy (non-hydrogen) atoms. The molecule has 176 valence electrons. The number of carbonyl (C=O) groups excluding carboxylic acids is 2. The molecule has 0 bridgehead atoms. The fraction of sp³-hybridized carbons (Fsp3) is 0.172.